The number of rotatable bonds is 7. The molecule has 23 heavy (non-hydrogen) atoms. The lowest BCUT2D eigenvalue weighted by atomic mass is 10.1. The van der Waals surface area contributed by atoms with Crippen molar-refractivity contribution < 1.29 is 19.1 Å². The molecule has 0 heterocycles. The summed E-state index contributed by atoms with van der Waals surface area (Å²) >= 11 is 0. The first-order valence-corrected chi connectivity index (χ1v) is 6.87. The van der Waals surface area contributed by atoms with E-state index in [0.29, 0.717) is 35.0 Å². The normalized spacial score (nSPS) is 10.0. The van der Waals surface area contributed by atoms with Gasteiger partial charge in [0.2, 0.25) is 5.75 Å². The second-order valence-corrected chi connectivity index (χ2v) is 4.65. The quantitative estimate of drug-likeness (QED) is 0.623. The summed E-state index contributed by atoms with van der Waals surface area (Å²) in [4.78, 5) is 10.6. The number of nitrogens with zero attached hydrogens (tertiary/aromatic N) is 1. The molecule has 0 spiro atoms. The Bertz CT molecular complexity index is 678. The van der Waals surface area contributed by atoms with Gasteiger partial charge in [0.25, 0.3) is 5.69 Å². The molecule has 0 radical (unpaired) electrons. The molecular weight excluding hydrogens is 300 g/mol. The average Bonchev–Trinajstić information content (AvgIpc) is 2.58. The molecule has 0 unspecified atom stereocenters. The third-order valence-electron chi connectivity index (χ3n) is 3.34. The highest BCUT2D eigenvalue weighted by Crippen LogP contribution is 2.40. The predicted molar refractivity (Wildman–Crippen MR) is 86.5 cm³/mol. The molecule has 2 aromatic carbocycles. The Balaban J connectivity index is 2.26. The van der Waals surface area contributed by atoms with Gasteiger partial charge < -0.3 is 19.5 Å². The molecule has 0 aromatic heterocycles. The lowest BCUT2D eigenvalue weighted by Gasteiger charge is -2.15. The molecule has 2 rings (SSSR count). The van der Waals surface area contributed by atoms with Gasteiger partial charge in [0, 0.05) is 36.0 Å². The van der Waals surface area contributed by atoms with Crippen LogP contribution in [0.4, 0.5) is 11.4 Å². The van der Waals surface area contributed by atoms with E-state index in [-0.39, 0.29) is 5.69 Å². The van der Waals surface area contributed by atoms with Crippen LogP contribution in [0.25, 0.3) is 0 Å². The number of ether oxygens (including phenoxy) is 3. The fraction of sp³-hybridized carbons (Fsp3) is 0.250. The smallest absolute Gasteiger partial charge is 0.274 e. The minimum Gasteiger partial charge on any atom is -0.493 e. The summed E-state index contributed by atoms with van der Waals surface area (Å²) in [5, 5.41) is 14.2. The summed E-state index contributed by atoms with van der Waals surface area (Å²) < 4.78 is 15.8. The summed E-state index contributed by atoms with van der Waals surface area (Å²) in [5.41, 5.74) is 1.37. The van der Waals surface area contributed by atoms with E-state index in [9.17, 15) is 10.1 Å². The van der Waals surface area contributed by atoms with E-state index >= 15 is 0 Å². The maximum Gasteiger partial charge on any atom is 0.274 e. The highest BCUT2D eigenvalue weighted by Gasteiger charge is 2.15. The summed E-state index contributed by atoms with van der Waals surface area (Å²) in [6.07, 6.45) is 0. The second-order valence-electron chi connectivity index (χ2n) is 4.65. The molecule has 0 saturated heterocycles. The number of nitro benzene ring substituents is 1. The summed E-state index contributed by atoms with van der Waals surface area (Å²) in [6.45, 7) is 0.301. The lowest BCUT2D eigenvalue weighted by Crippen LogP contribution is -2.04. The zero-order valence-electron chi connectivity index (χ0n) is 13.2. The fourth-order valence-electron chi connectivity index (χ4n) is 2.22. The van der Waals surface area contributed by atoms with Crippen LogP contribution in [0.15, 0.2) is 36.4 Å². The Hall–Kier alpha value is -2.96. The number of nitrogens with one attached hydrogen (secondary N) is 1. The second kappa shape index (κ2) is 7.35. The zero-order valence-corrected chi connectivity index (χ0v) is 13.2. The molecule has 2 aromatic rings. The predicted octanol–water partition coefficient (Wildman–Crippen LogP) is 3.23. The van der Waals surface area contributed by atoms with Gasteiger partial charge in [0.15, 0.2) is 11.5 Å². The van der Waals surface area contributed by atoms with Gasteiger partial charge >= 0.3 is 0 Å². The van der Waals surface area contributed by atoms with E-state index in [0.717, 1.165) is 0 Å². The SMILES string of the molecule is COc1cc(NCc2ccccc2[N+](=O)[O-])cc(OC)c1OC. The minimum atomic E-state index is -0.397. The van der Waals surface area contributed by atoms with Crippen molar-refractivity contribution in [3.63, 3.8) is 0 Å². The van der Waals surface area contributed by atoms with Crippen molar-refractivity contribution in [1.82, 2.24) is 0 Å². The number of nitro groups is 1. The van der Waals surface area contributed by atoms with Crippen LogP contribution in [0, 0.1) is 10.1 Å². The topological polar surface area (TPSA) is 82.9 Å². The highest BCUT2D eigenvalue weighted by molar-refractivity contribution is 5.62. The average molecular weight is 318 g/mol. The van der Waals surface area contributed by atoms with Gasteiger partial charge in [-0.1, -0.05) is 18.2 Å². The van der Waals surface area contributed by atoms with Gasteiger partial charge in [-0.05, 0) is 0 Å². The van der Waals surface area contributed by atoms with Crippen LogP contribution in [0.3, 0.4) is 0 Å². The van der Waals surface area contributed by atoms with Gasteiger partial charge in [0.05, 0.1) is 26.3 Å². The van der Waals surface area contributed by atoms with E-state index in [2.05, 4.69) is 5.32 Å². The number of benzene rings is 2. The standard InChI is InChI=1S/C16H18N2O5/c1-21-14-8-12(9-15(22-2)16(14)23-3)17-10-11-6-4-5-7-13(11)18(19)20/h4-9,17H,10H2,1-3H3. The largest absolute Gasteiger partial charge is 0.493 e. The Morgan fingerprint density at radius 3 is 2.17 bits per heavy atom. The van der Waals surface area contributed by atoms with Crippen molar-refractivity contribution >= 4 is 11.4 Å². The van der Waals surface area contributed by atoms with Gasteiger partial charge in [-0.3, -0.25) is 10.1 Å². The molecule has 1 N–H and O–H groups in total. The first-order chi connectivity index (χ1) is 11.1. The van der Waals surface area contributed by atoms with Crippen LogP contribution in [0.1, 0.15) is 5.56 Å². The first kappa shape index (κ1) is 16.4. The molecular formula is C16H18N2O5. The van der Waals surface area contributed by atoms with Gasteiger partial charge in [0.1, 0.15) is 0 Å². The van der Waals surface area contributed by atoms with Crippen molar-refractivity contribution in [1.29, 1.82) is 0 Å². The van der Waals surface area contributed by atoms with E-state index in [4.69, 9.17) is 14.2 Å². The molecule has 0 fully saturated rings. The maximum atomic E-state index is 11.0. The van der Waals surface area contributed by atoms with Crippen molar-refractivity contribution in [2.75, 3.05) is 26.6 Å². The fourth-order valence-corrected chi connectivity index (χ4v) is 2.22. The molecule has 0 aliphatic heterocycles. The van der Waals surface area contributed by atoms with Gasteiger partial charge in [-0.15, -0.1) is 0 Å². The van der Waals surface area contributed by atoms with Crippen LogP contribution < -0.4 is 19.5 Å². The number of methoxy groups -OCH3 is 3. The molecule has 7 heteroatoms. The Labute approximate surface area is 133 Å². The molecule has 122 valence electrons. The van der Waals surface area contributed by atoms with Crippen LogP contribution in [0.2, 0.25) is 0 Å². The third-order valence-corrected chi connectivity index (χ3v) is 3.34. The first-order valence-electron chi connectivity index (χ1n) is 6.87. The molecule has 0 atom stereocenters. The van der Waals surface area contributed by atoms with E-state index < -0.39 is 4.92 Å². The zero-order chi connectivity index (χ0) is 16.8. The van der Waals surface area contributed by atoms with Crippen LogP contribution in [-0.4, -0.2) is 26.3 Å². The molecule has 0 amide bonds. The number of para-hydroxylation sites is 1. The number of hydrogen-bond acceptors (Lipinski definition) is 6. The summed E-state index contributed by atoms with van der Waals surface area (Å²) in [5.74, 6) is 1.51. The molecule has 7 nitrogen and oxygen atoms in total. The summed E-state index contributed by atoms with van der Waals surface area (Å²) in [6, 6.07) is 10.1. The molecule has 0 saturated carbocycles. The van der Waals surface area contributed by atoms with Crippen LogP contribution in [0.5, 0.6) is 17.2 Å². The monoisotopic (exact) mass is 318 g/mol. The van der Waals surface area contributed by atoms with Crippen LogP contribution >= 0.6 is 0 Å². The maximum absolute atomic E-state index is 11.0. The van der Waals surface area contributed by atoms with Crippen LogP contribution in [-0.2, 0) is 6.54 Å². The Kier molecular flexibility index (Phi) is 5.24. The molecule has 0 aliphatic rings. The van der Waals surface area contributed by atoms with E-state index in [1.165, 1.54) is 27.4 Å². The van der Waals surface area contributed by atoms with Crippen molar-refractivity contribution in [2.45, 2.75) is 6.54 Å². The minimum absolute atomic E-state index is 0.0763. The van der Waals surface area contributed by atoms with Gasteiger partial charge in [-0.25, -0.2) is 0 Å². The lowest BCUT2D eigenvalue weighted by molar-refractivity contribution is -0.385. The molecule has 0 aliphatic carbocycles. The van der Waals surface area contributed by atoms with Crippen molar-refractivity contribution in [3.05, 3.63) is 52.1 Å². The Morgan fingerprint density at radius 2 is 1.65 bits per heavy atom. The van der Waals surface area contributed by atoms with Crippen molar-refractivity contribution in [2.24, 2.45) is 0 Å². The van der Waals surface area contributed by atoms with Gasteiger partial charge in [-0.2, -0.15) is 0 Å². The highest BCUT2D eigenvalue weighted by atomic mass is 16.6. The third kappa shape index (κ3) is 3.63. The van der Waals surface area contributed by atoms with E-state index in [1.807, 2.05) is 0 Å². The Morgan fingerprint density at radius 1 is 1.04 bits per heavy atom. The van der Waals surface area contributed by atoms with Crippen molar-refractivity contribution in [3.8, 4) is 17.2 Å². The number of anilines is 1. The molecule has 0 bridgehead atoms. The number of hydrogen-bond donors (Lipinski definition) is 1. The summed E-state index contributed by atoms with van der Waals surface area (Å²) in [7, 11) is 4.59. The van der Waals surface area contributed by atoms with E-state index in [1.54, 1.807) is 30.3 Å².